The van der Waals surface area contributed by atoms with Crippen LogP contribution in [0.15, 0.2) is 0 Å². The van der Waals surface area contributed by atoms with Gasteiger partial charge in [0.15, 0.2) is 0 Å². The van der Waals surface area contributed by atoms with Gasteiger partial charge in [0.25, 0.3) is 0 Å². The van der Waals surface area contributed by atoms with E-state index in [0.717, 1.165) is 6.42 Å². The highest BCUT2D eigenvalue weighted by Crippen LogP contribution is 2.09. The van der Waals surface area contributed by atoms with E-state index in [0.29, 0.717) is 0 Å². The molecule has 0 aromatic carbocycles. The van der Waals surface area contributed by atoms with Crippen molar-refractivity contribution < 1.29 is 8.42 Å². The number of sulfonamides is 1. The quantitative estimate of drug-likeness (QED) is 0.761. The summed E-state index contributed by atoms with van der Waals surface area (Å²) in [6.45, 7) is 5.65. The van der Waals surface area contributed by atoms with Crippen LogP contribution >= 0.6 is 15.9 Å². The second kappa shape index (κ2) is 3.87. The molecule has 0 aromatic heterocycles. The monoisotopic (exact) mass is 243 g/mol. The highest BCUT2D eigenvalue weighted by molar-refractivity contribution is 9.10. The standard InChI is InChI=1S/C6H14BrNO2S/c1-4-6(2,3)8-11(9,10)5-7/h8H,4-5H2,1-3H3. The number of hydrogen-bond donors (Lipinski definition) is 1. The third-order valence-corrected chi connectivity index (χ3v) is 4.42. The Bertz CT molecular complexity index is 211. The average Bonchev–Trinajstić information content (AvgIpc) is 1.86. The maximum absolute atomic E-state index is 11.0. The summed E-state index contributed by atoms with van der Waals surface area (Å²) in [5.74, 6) is 0. The van der Waals surface area contributed by atoms with Crippen LogP contribution in [0, 0.1) is 0 Å². The second-order valence-corrected chi connectivity index (χ2v) is 6.09. The predicted octanol–water partition coefficient (Wildman–Crippen LogP) is 1.45. The van der Waals surface area contributed by atoms with E-state index < -0.39 is 10.0 Å². The molecule has 0 rings (SSSR count). The molecule has 1 N–H and O–H groups in total. The summed E-state index contributed by atoms with van der Waals surface area (Å²) in [6, 6.07) is 0. The molecule has 0 aliphatic carbocycles. The molecule has 0 aliphatic rings. The third-order valence-electron chi connectivity index (χ3n) is 1.46. The molecule has 0 bridgehead atoms. The molecule has 0 unspecified atom stereocenters. The molecule has 68 valence electrons. The van der Waals surface area contributed by atoms with Gasteiger partial charge in [0.1, 0.15) is 4.66 Å². The van der Waals surface area contributed by atoms with E-state index in [1.807, 2.05) is 20.8 Å². The summed E-state index contributed by atoms with van der Waals surface area (Å²) >= 11 is 2.90. The zero-order valence-corrected chi connectivity index (χ0v) is 9.42. The zero-order chi connectivity index (χ0) is 9.12. The van der Waals surface area contributed by atoms with Gasteiger partial charge >= 0.3 is 0 Å². The van der Waals surface area contributed by atoms with Crippen LogP contribution < -0.4 is 4.72 Å². The van der Waals surface area contributed by atoms with Crippen molar-refractivity contribution >= 4 is 26.0 Å². The Labute approximate surface area is 76.7 Å². The van der Waals surface area contributed by atoms with Gasteiger partial charge in [-0.05, 0) is 20.3 Å². The van der Waals surface area contributed by atoms with Crippen molar-refractivity contribution in [2.24, 2.45) is 0 Å². The minimum absolute atomic E-state index is 0.0383. The molecule has 0 saturated carbocycles. The molecule has 0 spiro atoms. The minimum atomic E-state index is -3.12. The van der Waals surface area contributed by atoms with Crippen molar-refractivity contribution in [2.75, 3.05) is 4.66 Å². The SMILES string of the molecule is CCC(C)(C)NS(=O)(=O)CBr. The smallest absolute Gasteiger partial charge is 0.212 e. The van der Waals surface area contributed by atoms with E-state index in [1.165, 1.54) is 0 Å². The molecule has 3 nitrogen and oxygen atoms in total. The first-order chi connectivity index (χ1) is 4.83. The first-order valence-corrected chi connectivity index (χ1v) is 6.18. The van der Waals surface area contributed by atoms with Crippen molar-refractivity contribution in [1.29, 1.82) is 0 Å². The van der Waals surface area contributed by atoms with Gasteiger partial charge in [0, 0.05) is 5.54 Å². The van der Waals surface area contributed by atoms with Crippen LogP contribution in [-0.2, 0) is 10.0 Å². The van der Waals surface area contributed by atoms with Crippen molar-refractivity contribution in [3.05, 3.63) is 0 Å². The minimum Gasteiger partial charge on any atom is -0.212 e. The van der Waals surface area contributed by atoms with E-state index in [-0.39, 0.29) is 10.2 Å². The van der Waals surface area contributed by atoms with E-state index in [4.69, 9.17) is 0 Å². The number of rotatable bonds is 4. The van der Waals surface area contributed by atoms with Crippen LogP contribution in [0.4, 0.5) is 0 Å². The molecule has 5 heteroatoms. The van der Waals surface area contributed by atoms with Gasteiger partial charge in [0.2, 0.25) is 10.0 Å². The van der Waals surface area contributed by atoms with Crippen LogP contribution in [0.1, 0.15) is 27.2 Å². The van der Waals surface area contributed by atoms with Crippen molar-refractivity contribution in [3.8, 4) is 0 Å². The Kier molecular flexibility index (Phi) is 4.00. The molecular weight excluding hydrogens is 230 g/mol. The number of halogens is 1. The van der Waals surface area contributed by atoms with Crippen molar-refractivity contribution in [2.45, 2.75) is 32.7 Å². The van der Waals surface area contributed by atoms with Crippen molar-refractivity contribution in [3.63, 3.8) is 0 Å². The molecule has 0 atom stereocenters. The largest absolute Gasteiger partial charge is 0.222 e. The fourth-order valence-electron chi connectivity index (χ4n) is 0.520. The molecule has 0 fully saturated rings. The van der Waals surface area contributed by atoms with Gasteiger partial charge in [-0.2, -0.15) is 0 Å². The lowest BCUT2D eigenvalue weighted by Gasteiger charge is -2.23. The molecular formula is C6H14BrNO2S. The highest BCUT2D eigenvalue weighted by atomic mass is 79.9. The number of nitrogens with one attached hydrogen (secondary N) is 1. The van der Waals surface area contributed by atoms with Gasteiger partial charge in [-0.15, -0.1) is 0 Å². The third kappa shape index (κ3) is 4.76. The van der Waals surface area contributed by atoms with Crippen molar-refractivity contribution in [1.82, 2.24) is 4.72 Å². The molecule has 0 heterocycles. The Morgan fingerprint density at radius 3 is 2.18 bits per heavy atom. The second-order valence-electron chi connectivity index (χ2n) is 3.06. The van der Waals surface area contributed by atoms with Crippen LogP contribution in [0.25, 0.3) is 0 Å². The molecule has 0 amide bonds. The lowest BCUT2D eigenvalue weighted by Crippen LogP contribution is -2.43. The molecule has 0 aromatic rings. The summed E-state index contributed by atoms with van der Waals surface area (Å²) < 4.78 is 24.6. The fourth-order valence-corrected chi connectivity index (χ4v) is 1.90. The fraction of sp³-hybridized carbons (Fsp3) is 1.00. The lowest BCUT2D eigenvalue weighted by molar-refractivity contribution is 0.441. The Morgan fingerprint density at radius 1 is 1.45 bits per heavy atom. The summed E-state index contributed by atoms with van der Waals surface area (Å²) in [5, 5.41) is 0. The lowest BCUT2D eigenvalue weighted by atomic mass is 10.0. The van der Waals surface area contributed by atoms with Crippen LogP contribution in [0.5, 0.6) is 0 Å². The average molecular weight is 244 g/mol. The zero-order valence-electron chi connectivity index (χ0n) is 7.02. The normalized spacial score (nSPS) is 13.5. The molecule has 11 heavy (non-hydrogen) atoms. The number of alkyl halides is 1. The first kappa shape index (κ1) is 11.4. The van der Waals surface area contributed by atoms with Crippen LogP contribution in [-0.4, -0.2) is 18.6 Å². The summed E-state index contributed by atoms with van der Waals surface area (Å²) in [4.78, 5) is 0. The molecule has 0 saturated heterocycles. The Morgan fingerprint density at radius 2 is 1.91 bits per heavy atom. The Balaban J connectivity index is 4.26. The van der Waals surface area contributed by atoms with E-state index in [2.05, 4.69) is 20.7 Å². The van der Waals surface area contributed by atoms with Crippen LogP contribution in [0.2, 0.25) is 0 Å². The van der Waals surface area contributed by atoms with Gasteiger partial charge in [0.05, 0.1) is 0 Å². The summed E-state index contributed by atoms with van der Waals surface area (Å²) in [7, 11) is -3.12. The topological polar surface area (TPSA) is 46.2 Å². The van der Waals surface area contributed by atoms with Gasteiger partial charge in [-0.25, -0.2) is 13.1 Å². The van der Waals surface area contributed by atoms with Gasteiger partial charge in [-0.3, -0.25) is 0 Å². The van der Waals surface area contributed by atoms with E-state index in [1.54, 1.807) is 0 Å². The van der Waals surface area contributed by atoms with Crippen LogP contribution in [0.3, 0.4) is 0 Å². The Hall–Kier alpha value is 0.390. The summed E-state index contributed by atoms with van der Waals surface area (Å²) in [6.07, 6.45) is 0.777. The predicted molar refractivity (Wildman–Crippen MR) is 50.2 cm³/mol. The van der Waals surface area contributed by atoms with Gasteiger partial charge < -0.3 is 0 Å². The number of hydrogen-bond acceptors (Lipinski definition) is 2. The summed E-state index contributed by atoms with van der Waals surface area (Å²) in [5.41, 5.74) is -0.341. The maximum Gasteiger partial charge on any atom is 0.222 e. The van der Waals surface area contributed by atoms with Gasteiger partial charge in [-0.1, -0.05) is 22.9 Å². The van der Waals surface area contributed by atoms with E-state index in [9.17, 15) is 8.42 Å². The highest BCUT2D eigenvalue weighted by Gasteiger charge is 2.21. The first-order valence-electron chi connectivity index (χ1n) is 3.40. The maximum atomic E-state index is 11.0. The molecule has 0 radical (unpaired) electrons. The van der Waals surface area contributed by atoms with E-state index >= 15 is 0 Å². The molecule has 0 aliphatic heterocycles.